The normalized spacial score (nSPS) is 14.8. The number of hydrogen-bond donors (Lipinski definition) is 2. The Morgan fingerprint density at radius 2 is 1.83 bits per heavy atom. The average molecular weight is 310 g/mol. The van der Waals surface area contributed by atoms with Gasteiger partial charge in [0.2, 0.25) is 5.91 Å². The van der Waals surface area contributed by atoms with E-state index >= 15 is 0 Å². The van der Waals surface area contributed by atoms with Crippen LogP contribution in [0, 0.1) is 0 Å². The number of rotatable bonds is 3. The van der Waals surface area contributed by atoms with Gasteiger partial charge in [0.15, 0.2) is 0 Å². The minimum absolute atomic E-state index is 0.0360. The molecule has 2 N–H and O–H groups in total. The van der Waals surface area contributed by atoms with Crippen LogP contribution >= 0.6 is 0 Å². The lowest BCUT2D eigenvalue weighted by atomic mass is 9.86. The van der Waals surface area contributed by atoms with Crippen LogP contribution in [-0.2, 0) is 10.2 Å². The summed E-state index contributed by atoms with van der Waals surface area (Å²) >= 11 is 0. The standard InChI is InChI=1S/C18H18N2O3/c1-18(2)14-9-6-12(10-15(14)20-17(18)22)19-16(21)11-4-7-13(23-3)8-5-11/h4-10H,1-3H3,(H,19,21)(H,20,22). The van der Waals surface area contributed by atoms with Crippen molar-refractivity contribution in [2.45, 2.75) is 19.3 Å². The van der Waals surface area contributed by atoms with Crippen molar-refractivity contribution < 1.29 is 14.3 Å². The Labute approximate surface area is 134 Å². The van der Waals surface area contributed by atoms with Crippen molar-refractivity contribution >= 4 is 23.2 Å². The number of benzene rings is 2. The molecule has 2 aromatic rings. The SMILES string of the molecule is COc1ccc(C(=O)Nc2ccc3c(c2)NC(=O)C3(C)C)cc1. The maximum absolute atomic E-state index is 12.3. The third-order valence-electron chi connectivity index (χ3n) is 4.12. The monoisotopic (exact) mass is 310 g/mol. The van der Waals surface area contributed by atoms with Gasteiger partial charge in [-0.15, -0.1) is 0 Å². The fourth-order valence-corrected chi connectivity index (χ4v) is 2.62. The first-order chi connectivity index (χ1) is 10.9. The summed E-state index contributed by atoms with van der Waals surface area (Å²) in [6, 6.07) is 12.3. The highest BCUT2D eigenvalue weighted by atomic mass is 16.5. The first-order valence-corrected chi connectivity index (χ1v) is 7.33. The molecule has 0 unspecified atom stereocenters. The zero-order valence-corrected chi connectivity index (χ0v) is 13.3. The summed E-state index contributed by atoms with van der Waals surface area (Å²) in [7, 11) is 1.58. The lowest BCUT2D eigenvalue weighted by Crippen LogP contribution is -2.26. The van der Waals surface area contributed by atoms with Crippen molar-refractivity contribution in [3.63, 3.8) is 0 Å². The second kappa shape index (κ2) is 5.43. The van der Waals surface area contributed by atoms with E-state index in [9.17, 15) is 9.59 Å². The molecule has 0 fully saturated rings. The van der Waals surface area contributed by atoms with E-state index in [1.807, 2.05) is 26.0 Å². The smallest absolute Gasteiger partial charge is 0.255 e. The van der Waals surface area contributed by atoms with Gasteiger partial charge in [0, 0.05) is 16.9 Å². The van der Waals surface area contributed by atoms with Gasteiger partial charge in [-0.3, -0.25) is 9.59 Å². The van der Waals surface area contributed by atoms with Crippen molar-refractivity contribution in [2.24, 2.45) is 0 Å². The molecule has 118 valence electrons. The highest BCUT2D eigenvalue weighted by Gasteiger charge is 2.38. The largest absolute Gasteiger partial charge is 0.497 e. The van der Waals surface area contributed by atoms with Crippen LogP contribution in [0.1, 0.15) is 29.8 Å². The van der Waals surface area contributed by atoms with Crippen LogP contribution in [0.3, 0.4) is 0 Å². The van der Waals surface area contributed by atoms with Gasteiger partial charge in [-0.05, 0) is 55.8 Å². The molecule has 0 aliphatic carbocycles. The Hall–Kier alpha value is -2.82. The molecule has 5 nitrogen and oxygen atoms in total. The molecule has 0 saturated carbocycles. The minimum atomic E-state index is -0.548. The van der Waals surface area contributed by atoms with Gasteiger partial charge in [0.05, 0.1) is 12.5 Å². The summed E-state index contributed by atoms with van der Waals surface area (Å²) < 4.78 is 5.08. The third-order valence-corrected chi connectivity index (χ3v) is 4.12. The maximum atomic E-state index is 12.3. The second-order valence-electron chi connectivity index (χ2n) is 6.02. The fourth-order valence-electron chi connectivity index (χ4n) is 2.62. The van der Waals surface area contributed by atoms with E-state index < -0.39 is 5.41 Å². The minimum Gasteiger partial charge on any atom is -0.497 e. The molecule has 3 rings (SSSR count). The highest BCUT2D eigenvalue weighted by molar-refractivity contribution is 6.08. The Kier molecular flexibility index (Phi) is 3.56. The predicted octanol–water partition coefficient (Wildman–Crippen LogP) is 3.18. The molecule has 0 aromatic heterocycles. The van der Waals surface area contributed by atoms with Gasteiger partial charge in [-0.2, -0.15) is 0 Å². The average Bonchev–Trinajstić information content (AvgIpc) is 2.76. The van der Waals surface area contributed by atoms with Crippen LogP contribution in [-0.4, -0.2) is 18.9 Å². The van der Waals surface area contributed by atoms with Crippen molar-refractivity contribution in [3.8, 4) is 5.75 Å². The molecule has 0 radical (unpaired) electrons. The van der Waals surface area contributed by atoms with E-state index in [2.05, 4.69) is 10.6 Å². The van der Waals surface area contributed by atoms with E-state index in [1.54, 1.807) is 37.4 Å². The molecule has 2 amide bonds. The van der Waals surface area contributed by atoms with Crippen LogP contribution in [0.15, 0.2) is 42.5 Å². The molecule has 5 heteroatoms. The Balaban J connectivity index is 1.80. The van der Waals surface area contributed by atoms with E-state index in [0.29, 0.717) is 17.0 Å². The number of ether oxygens (including phenoxy) is 1. The van der Waals surface area contributed by atoms with Crippen molar-refractivity contribution in [3.05, 3.63) is 53.6 Å². The van der Waals surface area contributed by atoms with Gasteiger partial charge >= 0.3 is 0 Å². The van der Waals surface area contributed by atoms with E-state index in [0.717, 1.165) is 11.3 Å². The lowest BCUT2D eigenvalue weighted by Gasteiger charge is -2.15. The number of carbonyl (C=O) groups is 2. The van der Waals surface area contributed by atoms with Crippen molar-refractivity contribution in [2.75, 3.05) is 17.7 Å². The number of carbonyl (C=O) groups excluding carboxylic acids is 2. The number of methoxy groups -OCH3 is 1. The highest BCUT2D eigenvalue weighted by Crippen LogP contribution is 2.38. The molecular formula is C18H18N2O3. The summed E-state index contributed by atoms with van der Waals surface area (Å²) in [5.41, 5.74) is 2.31. The van der Waals surface area contributed by atoms with Crippen molar-refractivity contribution in [1.29, 1.82) is 0 Å². The lowest BCUT2D eigenvalue weighted by molar-refractivity contribution is -0.119. The topological polar surface area (TPSA) is 67.4 Å². The predicted molar refractivity (Wildman–Crippen MR) is 89.0 cm³/mol. The van der Waals surface area contributed by atoms with Crippen molar-refractivity contribution in [1.82, 2.24) is 0 Å². The molecule has 1 heterocycles. The summed E-state index contributed by atoms with van der Waals surface area (Å²) in [5, 5.41) is 5.69. The fraction of sp³-hybridized carbons (Fsp3) is 0.222. The molecular weight excluding hydrogens is 292 g/mol. The van der Waals surface area contributed by atoms with Gasteiger partial charge in [-0.1, -0.05) is 6.07 Å². The summed E-state index contributed by atoms with van der Waals surface area (Å²) in [6.45, 7) is 3.76. The molecule has 2 aromatic carbocycles. The van der Waals surface area contributed by atoms with Crippen LogP contribution in [0.25, 0.3) is 0 Å². The first-order valence-electron chi connectivity index (χ1n) is 7.33. The first kappa shape index (κ1) is 15.1. The quantitative estimate of drug-likeness (QED) is 0.915. The number of fused-ring (bicyclic) bond motifs is 1. The van der Waals surface area contributed by atoms with Crippen LogP contribution in [0.2, 0.25) is 0 Å². The summed E-state index contributed by atoms with van der Waals surface area (Å²) in [5.74, 6) is 0.450. The number of nitrogens with one attached hydrogen (secondary N) is 2. The van der Waals surface area contributed by atoms with Gasteiger partial charge < -0.3 is 15.4 Å². The van der Waals surface area contributed by atoms with Crippen LogP contribution in [0.4, 0.5) is 11.4 Å². The molecule has 0 spiro atoms. The van der Waals surface area contributed by atoms with E-state index in [-0.39, 0.29) is 11.8 Å². The number of hydrogen-bond acceptors (Lipinski definition) is 3. The molecule has 0 atom stereocenters. The third kappa shape index (κ3) is 2.65. The van der Waals surface area contributed by atoms with Gasteiger partial charge in [0.1, 0.15) is 5.75 Å². The second-order valence-corrected chi connectivity index (χ2v) is 6.02. The Morgan fingerprint density at radius 1 is 1.13 bits per heavy atom. The zero-order valence-electron chi connectivity index (χ0n) is 13.3. The van der Waals surface area contributed by atoms with Gasteiger partial charge in [0.25, 0.3) is 5.91 Å². The maximum Gasteiger partial charge on any atom is 0.255 e. The Bertz CT molecular complexity index is 779. The molecule has 0 bridgehead atoms. The van der Waals surface area contributed by atoms with Crippen LogP contribution in [0.5, 0.6) is 5.75 Å². The molecule has 23 heavy (non-hydrogen) atoms. The molecule has 1 aliphatic heterocycles. The Morgan fingerprint density at radius 3 is 2.48 bits per heavy atom. The van der Waals surface area contributed by atoms with Gasteiger partial charge in [-0.25, -0.2) is 0 Å². The molecule has 1 aliphatic rings. The number of anilines is 2. The number of amides is 2. The molecule has 0 saturated heterocycles. The van der Waals surface area contributed by atoms with E-state index in [4.69, 9.17) is 4.74 Å². The van der Waals surface area contributed by atoms with E-state index in [1.165, 1.54) is 0 Å². The van der Waals surface area contributed by atoms with Crippen LogP contribution < -0.4 is 15.4 Å². The summed E-state index contributed by atoms with van der Waals surface area (Å²) in [6.07, 6.45) is 0. The summed E-state index contributed by atoms with van der Waals surface area (Å²) in [4.78, 5) is 24.2. The zero-order chi connectivity index (χ0) is 16.6.